The number of hydrogen-bond donors (Lipinski definition) is 0. The molecule has 1 heterocycles. The quantitative estimate of drug-likeness (QED) is 0.652. The third kappa shape index (κ3) is 4.58. The first-order valence-electron chi connectivity index (χ1n) is 8.48. The maximum atomic E-state index is 12.2. The van der Waals surface area contributed by atoms with Crippen LogP contribution in [-0.4, -0.2) is 31.1 Å². The van der Waals surface area contributed by atoms with Gasteiger partial charge in [0.2, 0.25) is 5.91 Å². The molecule has 0 aliphatic heterocycles. The van der Waals surface area contributed by atoms with Crippen molar-refractivity contribution in [2.24, 2.45) is 0 Å². The lowest BCUT2D eigenvalue weighted by atomic mass is 10.1. The molecular weight excluding hydrogens is 290 g/mol. The lowest BCUT2D eigenvalue weighted by molar-refractivity contribution is -0.131. The molecule has 4 nitrogen and oxygen atoms in total. The number of amides is 1. The molecule has 0 saturated heterocycles. The van der Waals surface area contributed by atoms with Crippen molar-refractivity contribution in [2.45, 2.75) is 46.1 Å². The van der Waals surface area contributed by atoms with Crippen LogP contribution in [0.25, 0.3) is 11.0 Å². The Morgan fingerprint density at radius 2 is 2.04 bits per heavy atom. The zero-order valence-corrected chi connectivity index (χ0v) is 14.4. The molecule has 126 valence electrons. The molecule has 0 bridgehead atoms. The Morgan fingerprint density at radius 1 is 1.26 bits per heavy atom. The predicted octanol–water partition coefficient (Wildman–Crippen LogP) is 4.16. The second-order valence-electron chi connectivity index (χ2n) is 5.80. The van der Waals surface area contributed by atoms with E-state index in [2.05, 4.69) is 13.0 Å². The monoisotopic (exact) mass is 317 g/mol. The second kappa shape index (κ2) is 8.73. The molecule has 2 aromatic rings. The minimum Gasteiger partial charge on any atom is -0.461 e. The van der Waals surface area contributed by atoms with E-state index in [1.165, 1.54) is 0 Å². The van der Waals surface area contributed by atoms with Crippen LogP contribution in [0.2, 0.25) is 0 Å². The molecule has 0 saturated carbocycles. The molecule has 1 aromatic heterocycles. The molecule has 1 aromatic carbocycles. The van der Waals surface area contributed by atoms with Gasteiger partial charge in [0, 0.05) is 37.6 Å². The molecule has 2 rings (SSSR count). The van der Waals surface area contributed by atoms with E-state index in [0.29, 0.717) is 26.2 Å². The number of fused-ring (bicyclic) bond motifs is 1. The van der Waals surface area contributed by atoms with E-state index in [1.807, 2.05) is 32.2 Å². The van der Waals surface area contributed by atoms with Gasteiger partial charge >= 0.3 is 0 Å². The van der Waals surface area contributed by atoms with E-state index in [4.69, 9.17) is 9.15 Å². The summed E-state index contributed by atoms with van der Waals surface area (Å²) in [5.41, 5.74) is 2.05. The van der Waals surface area contributed by atoms with Gasteiger partial charge < -0.3 is 14.1 Å². The first-order chi connectivity index (χ1) is 11.2. The van der Waals surface area contributed by atoms with Crippen molar-refractivity contribution in [3.63, 3.8) is 0 Å². The van der Waals surface area contributed by atoms with Crippen LogP contribution in [0.1, 0.15) is 44.4 Å². The Bertz CT molecular complexity index is 633. The van der Waals surface area contributed by atoms with Crippen LogP contribution in [0, 0.1) is 0 Å². The zero-order chi connectivity index (χ0) is 16.7. The molecule has 0 spiro atoms. The van der Waals surface area contributed by atoms with Crippen LogP contribution in [0.15, 0.2) is 28.7 Å². The number of hydrogen-bond acceptors (Lipinski definition) is 3. The number of aryl methyl sites for hydroxylation is 1. The highest BCUT2D eigenvalue weighted by Crippen LogP contribution is 2.28. The van der Waals surface area contributed by atoms with Crippen LogP contribution in [0.3, 0.4) is 0 Å². The summed E-state index contributed by atoms with van der Waals surface area (Å²) in [5, 5.41) is 1.11. The number of ether oxygens (including phenoxy) is 1. The first kappa shape index (κ1) is 17.5. The number of rotatable bonds is 9. The van der Waals surface area contributed by atoms with Gasteiger partial charge in [-0.3, -0.25) is 4.79 Å². The summed E-state index contributed by atoms with van der Waals surface area (Å²) in [7, 11) is 1.85. The number of furan rings is 1. The standard InChI is InChI=1S/C19H27NO3/c1-4-6-10-18-16(15-9-7-8-11-17(15)23-18)14-20(3)19(21)12-13-22-5-2/h7-9,11H,4-6,10,12-14H2,1-3H3. The lowest BCUT2D eigenvalue weighted by Crippen LogP contribution is -2.27. The average molecular weight is 317 g/mol. The Balaban J connectivity index is 2.15. The van der Waals surface area contributed by atoms with Crippen LogP contribution >= 0.6 is 0 Å². The Morgan fingerprint density at radius 3 is 2.78 bits per heavy atom. The van der Waals surface area contributed by atoms with Crippen molar-refractivity contribution in [1.29, 1.82) is 0 Å². The van der Waals surface area contributed by atoms with E-state index >= 15 is 0 Å². The van der Waals surface area contributed by atoms with Gasteiger partial charge in [0.05, 0.1) is 13.0 Å². The van der Waals surface area contributed by atoms with Gasteiger partial charge in [0.15, 0.2) is 0 Å². The van der Waals surface area contributed by atoms with Crippen molar-refractivity contribution in [2.75, 3.05) is 20.3 Å². The number of benzene rings is 1. The minimum atomic E-state index is 0.102. The van der Waals surface area contributed by atoms with Crippen molar-refractivity contribution < 1.29 is 13.9 Å². The summed E-state index contributed by atoms with van der Waals surface area (Å²) in [6.45, 7) is 5.82. The molecule has 0 unspecified atom stereocenters. The van der Waals surface area contributed by atoms with Crippen LogP contribution in [-0.2, 0) is 22.5 Å². The Labute approximate surface area is 138 Å². The third-order valence-corrected chi connectivity index (χ3v) is 4.02. The number of carbonyl (C=O) groups excluding carboxylic acids is 1. The first-order valence-corrected chi connectivity index (χ1v) is 8.48. The summed E-state index contributed by atoms with van der Waals surface area (Å²) in [4.78, 5) is 14.0. The largest absolute Gasteiger partial charge is 0.461 e. The second-order valence-corrected chi connectivity index (χ2v) is 5.80. The molecule has 0 aliphatic rings. The molecule has 0 fully saturated rings. The third-order valence-electron chi connectivity index (χ3n) is 4.02. The molecule has 4 heteroatoms. The average Bonchev–Trinajstić information content (AvgIpc) is 2.90. The van der Waals surface area contributed by atoms with Crippen LogP contribution in [0.4, 0.5) is 0 Å². The summed E-state index contributed by atoms with van der Waals surface area (Å²) < 4.78 is 11.3. The molecule has 0 aliphatic carbocycles. The van der Waals surface area contributed by atoms with Gasteiger partial charge in [0.1, 0.15) is 11.3 Å². The van der Waals surface area contributed by atoms with E-state index < -0.39 is 0 Å². The molecule has 0 N–H and O–H groups in total. The molecule has 0 radical (unpaired) electrons. The predicted molar refractivity (Wildman–Crippen MR) is 92.4 cm³/mol. The highest BCUT2D eigenvalue weighted by Gasteiger charge is 2.17. The van der Waals surface area contributed by atoms with E-state index in [0.717, 1.165) is 41.6 Å². The summed E-state index contributed by atoms with van der Waals surface area (Å²) in [6.07, 6.45) is 3.56. The molecule has 0 atom stereocenters. The molecule has 23 heavy (non-hydrogen) atoms. The van der Waals surface area contributed by atoms with Gasteiger partial charge in [0.25, 0.3) is 0 Å². The maximum absolute atomic E-state index is 12.2. The lowest BCUT2D eigenvalue weighted by Gasteiger charge is -2.17. The fourth-order valence-electron chi connectivity index (χ4n) is 2.68. The topological polar surface area (TPSA) is 42.7 Å². The fourth-order valence-corrected chi connectivity index (χ4v) is 2.68. The Hall–Kier alpha value is -1.81. The minimum absolute atomic E-state index is 0.102. The highest BCUT2D eigenvalue weighted by atomic mass is 16.5. The fraction of sp³-hybridized carbons (Fsp3) is 0.526. The highest BCUT2D eigenvalue weighted by molar-refractivity contribution is 5.83. The van der Waals surface area contributed by atoms with E-state index in [1.54, 1.807) is 4.90 Å². The maximum Gasteiger partial charge on any atom is 0.224 e. The van der Waals surface area contributed by atoms with E-state index in [-0.39, 0.29) is 5.91 Å². The van der Waals surface area contributed by atoms with Crippen molar-refractivity contribution in [1.82, 2.24) is 4.90 Å². The van der Waals surface area contributed by atoms with Crippen LogP contribution < -0.4 is 0 Å². The Kier molecular flexibility index (Phi) is 6.66. The van der Waals surface area contributed by atoms with Gasteiger partial charge in [-0.25, -0.2) is 0 Å². The normalized spacial score (nSPS) is 11.1. The van der Waals surface area contributed by atoms with Crippen LogP contribution in [0.5, 0.6) is 0 Å². The molecular formula is C19H27NO3. The number of nitrogens with zero attached hydrogens (tertiary/aromatic N) is 1. The number of unbranched alkanes of at least 4 members (excludes halogenated alkanes) is 1. The molecule has 1 amide bonds. The van der Waals surface area contributed by atoms with Crippen molar-refractivity contribution in [3.8, 4) is 0 Å². The SMILES string of the molecule is CCCCc1oc2ccccc2c1CN(C)C(=O)CCOCC. The zero-order valence-electron chi connectivity index (χ0n) is 14.4. The number of carbonyl (C=O) groups is 1. The summed E-state index contributed by atoms with van der Waals surface area (Å²) in [5.74, 6) is 1.11. The van der Waals surface area contributed by atoms with E-state index in [9.17, 15) is 4.79 Å². The van der Waals surface area contributed by atoms with Gasteiger partial charge in [-0.2, -0.15) is 0 Å². The number of para-hydroxylation sites is 1. The summed E-state index contributed by atoms with van der Waals surface area (Å²) >= 11 is 0. The van der Waals surface area contributed by atoms with Gasteiger partial charge in [-0.1, -0.05) is 31.5 Å². The van der Waals surface area contributed by atoms with Gasteiger partial charge in [-0.05, 0) is 19.4 Å². The van der Waals surface area contributed by atoms with Gasteiger partial charge in [-0.15, -0.1) is 0 Å². The smallest absolute Gasteiger partial charge is 0.224 e. The van der Waals surface area contributed by atoms with Crippen molar-refractivity contribution in [3.05, 3.63) is 35.6 Å². The van der Waals surface area contributed by atoms with Crippen molar-refractivity contribution >= 4 is 16.9 Å². The summed E-state index contributed by atoms with van der Waals surface area (Å²) in [6, 6.07) is 8.06.